The monoisotopic (exact) mass is 287 g/mol. The van der Waals surface area contributed by atoms with Gasteiger partial charge in [0.2, 0.25) is 5.91 Å². The Labute approximate surface area is 121 Å². The number of nitrogens with one attached hydrogen (secondary N) is 1. The molecule has 21 heavy (non-hydrogen) atoms. The molecule has 0 heterocycles. The molecule has 0 aromatic heterocycles. The van der Waals surface area contributed by atoms with Crippen LogP contribution in [0.1, 0.15) is 21.5 Å². The van der Waals surface area contributed by atoms with Crippen LogP contribution >= 0.6 is 0 Å². The highest BCUT2D eigenvalue weighted by atomic mass is 19.1. The second-order valence-corrected chi connectivity index (χ2v) is 4.71. The van der Waals surface area contributed by atoms with Gasteiger partial charge in [-0.2, -0.15) is 0 Å². The van der Waals surface area contributed by atoms with Crippen LogP contribution in [0.3, 0.4) is 0 Å². The summed E-state index contributed by atoms with van der Waals surface area (Å²) in [6.07, 6.45) is 0.0957. The molecule has 0 saturated heterocycles. The number of carboxylic acids is 1. The van der Waals surface area contributed by atoms with Gasteiger partial charge < -0.3 is 10.4 Å². The summed E-state index contributed by atoms with van der Waals surface area (Å²) in [4.78, 5) is 22.7. The van der Waals surface area contributed by atoms with Gasteiger partial charge in [0, 0.05) is 0 Å². The molecule has 0 saturated carbocycles. The zero-order chi connectivity index (χ0) is 15.4. The second kappa shape index (κ2) is 6.17. The third-order valence-electron chi connectivity index (χ3n) is 2.93. The maximum absolute atomic E-state index is 13.6. The van der Waals surface area contributed by atoms with Crippen LogP contribution in [0.15, 0.2) is 42.5 Å². The van der Waals surface area contributed by atoms with Gasteiger partial charge in [0.25, 0.3) is 0 Å². The number of aryl methyl sites for hydroxylation is 1. The summed E-state index contributed by atoms with van der Waals surface area (Å²) in [6, 6.07) is 10.7. The summed E-state index contributed by atoms with van der Waals surface area (Å²) in [6.45, 7) is 1.91. The summed E-state index contributed by atoms with van der Waals surface area (Å²) in [7, 11) is 0. The minimum absolute atomic E-state index is 0.0812. The molecule has 0 atom stereocenters. The third kappa shape index (κ3) is 3.89. The first-order valence-electron chi connectivity index (χ1n) is 6.34. The lowest BCUT2D eigenvalue weighted by Crippen LogP contribution is -2.16. The van der Waals surface area contributed by atoms with Crippen LogP contribution in [0.2, 0.25) is 0 Å². The fourth-order valence-electron chi connectivity index (χ4n) is 1.96. The number of hydrogen-bond donors (Lipinski definition) is 2. The highest BCUT2D eigenvalue weighted by Gasteiger charge is 2.11. The molecule has 0 aliphatic rings. The fraction of sp³-hybridized carbons (Fsp3) is 0.125. The van der Waals surface area contributed by atoms with Gasteiger partial charge in [-0.15, -0.1) is 0 Å². The van der Waals surface area contributed by atoms with Gasteiger partial charge in [0.15, 0.2) is 0 Å². The number of hydrogen-bond acceptors (Lipinski definition) is 2. The summed E-state index contributed by atoms with van der Waals surface area (Å²) in [5.41, 5.74) is 1.62. The first-order valence-corrected chi connectivity index (χ1v) is 6.34. The lowest BCUT2D eigenvalue weighted by Gasteiger charge is -2.08. The van der Waals surface area contributed by atoms with E-state index >= 15 is 0 Å². The first-order chi connectivity index (χ1) is 9.95. The van der Waals surface area contributed by atoms with Gasteiger partial charge in [-0.25, -0.2) is 9.18 Å². The van der Waals surface area contributed by atoms with Crippen molar-refractivity contribution >= 4 is 17.6 Å². The molecule has 0 aliphatic heterocycles. The molecule has 0 fully saturated rings. The van der Waals surface area contributed by atoms with E-state index < -0.39 is 17.7 Å². The van der Waals surface area contributed by atoms with Gasteiger partial charge in [0.05, 0.1) is 17.7 Å². The smallest absolute Gasteiger partial charge is 0.335 e. The largest absolute Gasteiger partial charge is 0.478 e. The standard InChI is InChI=1S/C16H14FNO3/c1-10-3-2-4-11(7-10)8-15(19)18-14-9-12(16(20)21)5-6-13(14)17/h2-7,9H,8H2,1H3,(H,18,19)(H,20,21). The number of halogens is 1. The number of aromatic carboxylic acids is 1. The average molecular weight is 287 g/mol. The zero-order valence-corrected chi connectivity index (χ0v) is 11.4. The van der Waals surface area contributed by atoms with E-state index in [9.17, 15) is 14.0 Å². The maximum Gasteiger partial charge on any atom is 0.335 e. The number of carboxylic acid groups (broad SMARTS) is 1. The van der Waals surface area contributed by atoms with Crippen LogP contribution in [-0.2, 0) is 11.2 Å². The lowest BCUT2D eigenvalue weighted by atomic mass is 10.1. The van der Waals surface area contributed by atoms with E-state index in [1.54, 1.807) is 6.07 Å². The number of carbonyl (C=O) groups excluding carboxylic acids is 1. The van der Waals surface area contributed by atoms with Gasteiger partial charge >= 0.3 is 5.97 Å². The van der Waals surface area contributed by atoms with Crippen molar-refractivity contribution in [2.24, 2.45) is 0 Å². The molecule has 0 aliphatic carbocycles. The minimum Gasteiger partial charge on any atom is -0.478 e. The molecule has 1 amide bonds. The quantitative estimate of drug-likeness (QED) is 0.908. The molecule has 5 heteroatoms. The van der Waals surface area contributed by atoms with Crippen LogP contribution in [0.4, 0.5) is 10.1 Å². The molecular formula is C16H14FNO3. The third-order valence-corrected chi connectivity index (χ3v) is 2.93. The first kappa shape index (κ1) is 14.7. The Morgan fingerprint density at radius 3 is 2.62 bits per heavy atom. The van der Waals surface area contributed by atoms with Crippen LogP contribution in [0.5, 0.6) is 0 Å². The van der Waals surface area contributed by atoms with Gasteiger partial charge in [-0.1, -0.05) is 29.8 Å². The predicted octanol–water partition coefficient (Wildman–Crippen LogP) is 3.01. The Bertz CT molecular complexity index is 698. The van der Waals surface area contributed by atoms with E-state index in [0.29, 0.717) is 0 Å². The Hall–Kier alpha value is -2.69. The number of benzene rings is 2. The summed E-state index contributed by atoms with van der Waals surface area (Å²) >= 11 is 0. The fourth-order valence-corrected chi connectivity index (χ4v) is 1.96. The Morgan fingerprint density at radius 1 is 1.19 bits per heavy atom. The van der Waals surface area contributed by atoms with Crippen molar-refractivity contribution in [3.8, 4) is 0 Å². The van der Waals surface area contributed by atoms with Crippen molar-refractivity contribution in [3.63, 3.8) is 0 Å². The maximum atomic E-state index is 13.6. The average Bonchev–Trinajstić information content (AvgIpc) is 2.41. The van der Waals surface area contributed by atoms with Gasteiger partial charge in [0.1, 0.15) is 5.82 Å². The molecule has 0 unspecified atom stereocenters. The van der Waals surface area contributed by atoms with Crippen molar-refractivity contribution in [3.05, 3.63) is 65.0 Å². The predicted molar refractivity (Wildman–Crippen MR) is 76.9 cm³/mol. The van der Waals surface area contributed by atoms with Crippen molar-refractivity contribution in [2.75, 3.05) is 5.32 Å². The second-order valence-electron chi connectivity index (χ2n) is 4.71. The molecule has 2 aromatic carbocycles. The Balaban J connectivity index is 2.12. The van der Waals surface area contributed by atoms with Crippen LogP contribution in [0.25, 0.3) is 0 Å². The molecule has 2 N–H and O–H groups in total. The highest BCUT2D eigenvalue weighted by molar-refractivity contribution is 5.95. The van der Waals surface area contributed by atoms with E-state index in [2.05, 4.69) is 5.32 Å². The molecular weight excluding hydrogens is 273 g/mol. The van der Waals surface area contributed by atoms with Crippen molar-refractivity contribution in [1.82, 2.24) is 0 Å². The van der Waals surface area contributed by atoms with Crippen LogP contribution in [-0.4, -0.2) is 17.0 Å². The summed E-state index contributed by atoms with van der Waals surface area (Å²) in [5, 5.41) is 11.3. The number of carbonyl (C=O) groups is 2. The van der Waals surface area contributed by atoms with Crippen molar-refractivity contribution in [2.45, 2.75) is 13.3 Å². The van der Waals surface area contributed by atoms with E-state index in [-0.39, 0.29) is 17.7 Å². The summed E-state index contributed by atoms with van der Waals surface area (Å²) < 4.78 is 13.6. The van der Waals surface area contributed by atoms with E-state index in [1.165, 1.54) is 0 Å². The molecule has 0 bridgehead atoms. The number of anilines is 1. The number of amides is 1. The van der Waals surface area contributed by atoms with E-state index in [1.807, 2.05) is 25.1 Å². The zero-order valence-electron chi connectivity index (χ0n) is 11.4. The van der Waals surface area contributed by atoms with E-state index in [0.717, 1.165) is 29.3 Å². The molecule has 0 radical (unpaired) electrons. The van der Waals surface area contributed by atoms with Crippen LogP contribution in [0, 0.1) is 12.7 Å². The molecule has 0 spiro atoms. The molecule has 2 rings (SSSR count). The Morgan fingerprint density at radius 2 is 1.95 bits per heavy atom. The van der Waals surface area contributed by atoms with E-state index in [4.69, 9.17) is 5.11 Å². The molecule has 108 valence electrons. The SMILES string of the molecule is Cc1cccc(CC(=O)Nc2cc(C(=O)O)ccc2F)c1. The van der Waals surface area contributed by atoms with Gasteiger partial charge in [-0.05, 0) is 30.7 Å². The molecule has 2 aromatic rings. The molecule has 4 nitrogen and oxygen atoms in total. The van der Waals surface area contributed by atoms with Gasteiger partial charge in [-0.3, -0.25) is 4.79 Å². The Kier molecular flexibility index (Phi) is 4.33. The minimum atomic E-state index is -1.18. The van der Waals surface area contributed by atoms with Crippen LogP contribution < -0.4 is 5.32 Å². The highest BCUT2D eigenvalue weighted by Crippen LogP contribution is 2.17. The normalized spacial score (nSPS) is 10.2. The summed E-state index contributed by atoms with van der Waals surface area (Å²) in [5.74, 6) is -2.25. The number of rotatable bonds is 4. The topological polar surface area (TPSA) is 66.4 Å². The van der Waals surface area contributed by atoms with Crippen molar-refractivity contribution in [1.29, 1.82) is 0 Å². The van der Waals surface area contributed by atoms with Crippen molar-refractivity contribution < 1.29 is 19.1 Å². The lowest BCUT2D eigenvalue weighted by molar-refractivity contribution is -0.115.